The highest BCUT2D eigenvalue weighted by molar-refractivity contribution is 5.77. The minimum Gasteiger partial charge on any atom is -0.364 e. The van der Waals surface area contributed by atoms with Crippen molar-refractivity contribution >= 4 is 11.7 Å². The molecule has 0 bridgehead atoms. The number of H-pyrrole nitrogens is 1. The molecular weight excluding hydrogens is 427 g/mol. The minimum absolute atomic E-state index is 0.0630. The van der Waals surface area contributed by atoms with Crippen LogP contribution in [0.2, 0.25) is 0 Å². The number of anilines is 1. The summed E-state index contributed by atoms with van der Waals surface area (Å²) in [7, 11) is 0. The molecule has 3 heterocycles. The van der Waals surface area contributed by atoms with Gasteiger partial charge in [-0.05, 0) is 30.5 Å². The molecule has 12 heteroatoms. The van der Waals surface area contributed by atoms with Gasteiger partial charge in [-0.25, -0.2) is 10.1 Å². The van der Waals surface area contributed by atoms with E-state index in [4.69, 9.17) is 5.26 Å². The second-order valence-corrected chi connectivity index (χ2v) is 7.77. The quantitative estimate of drug-likeness (QED) is 0.610. The van der Waals surface area contributed by atoms with E-state index in [0.717, 1.165) is 0 Å². The van der Waals surface area contributed by atoms with E-state index < -0.39 is 23.3 Å². The number of fused-ring (bicyclic) bond motifs is 1. The van der Waals surface area contributed by atoms with Crippen molar-refractivity contribution in [1.29, 1.82) is 5.26 Å². The summed E-state index contributed by atoms with van der Waals surface area (Å²) in [5, 5.41) is 20.8. The number of pyridine rings is 1. The Bertz CT molecular complexity index is 1100. The standard InChI is InChI=1S/C20H20F3N7O2/c21-20(22,23)17-13-2-3-14(18(13)28-29-19(17)32)25-6-5-16(31)30-9-12(10-30)27-15-4-1-11(7-24)8-26-15/h1,4,8,12,14,25H,2-3,5-6,9-10H2,(H,26,27)(H,29,32). The SMILES string of the molecule is N#Cc1ccc(NC2CN(C(=O)CCNC3CCc4c3n[nH]c(=O)c4C(F)(F)F)C2)nc1. The van der Waals surface area contributed by atoms with Crippen molar-refractivity contribution < 1.29 is 18.0 Å². The van der Waals surface area contributed by atoms with Gasteiger partial charge in [-0.3, -0.25) is 9.59 Å². The summed E-state index contributed by atoms with van der Waals surface area (Å²) in [4.78, 5) is 29.8. The summed E-state index contributed by atoms with van der Waals surface area (Å²) in [6.07, 6.45) is -2.58. The highest BCUT2D eigenvalue weighted by Gasteiger charge is 2.41. The number of likely N-dealkylation sites (tertiary alicyclic amines) is 1. The maximum Gasteiger partial charge on any atom is 0.422 e. The molecule has 32 heavy (non-hydrogen) atoms. The van der Waals surface area contributed by atoms with E-state index in [0.29, 0.717) is 30.9 Å². The Balaban J connectivity index is 1.24. The molecule has 0 aromatic carbocycles. The summed E-state index contributed by atoms with van der Waals surface area (Å²) in [5.74, 6) is 0.568. The van der Waals surface area contributed by atoms with Crippen molar-refractivity contribution in [2.24, 2.45) is 0 Å². The second-order valence-electron chi connectivity index (χ2n) is 7.77. The van der Waals surface area contributed by atoms with Crippen LogP contribution < -0.4 is 16.2 Å². The number of rotatable bonds is 6. The topological polar surface area (TPSA) is 127 Å². The Hall–Kier alpha value is -3.46. The van der Waals surface area contributed by atoms with Crippen LogP contribution in [0, 0.1) is 11.3 Å². The van der Waals surface area contributed by atoms with Crippen LogP contribution in [0.1, 0.15) is 41.3 Å². The normalized spacial score (nSPS) is 18.1. The summed E-state index contributed by atoms with van der Waals surface area (Å²) in [6.45, 7) is 1.33. The maximum absolute atomic E-state index is 13.2. The lowest BCUT2D eigenvalue weighted by Crippen LogP contribution is -2.57. The molecule has 2 aromatic rings. The fourth-order valence-corrected chi connectivity index (χ4v) is 4.00. The molecule has 0 saturated carbocycles. The summed E-state index contributed by atoms with van der Waals surface area (Å²) in [5.41, 5.74) is -1.83. The number of aromatic nitrogens is 3. The van der Waals surface area contributed by atoms with Gasteiger partial charge in [-0.15, -0.1) is 0 Å². The van der Waals surface area contributed by atoms with Gasteiger partial charge < -0.3 is 15.5 Å². The molecule has 1 saturated heterocycles. The molecule has 1 atom stereocenters. The molecule has 1 amide bonds. The number of carbonyl (C=O) groups excluding carboxylic acids is 1. The van der Waals surface area contributed by atoms with Crippen molar-refractivity contribution in [2.75, 3.05) is 25.0 Å². The number of carbonyl (C=O) groups is 1. The average molecular weight is 447 g/mol. The summed E-state index contributed by atoms with van der Waals surface area (Å²) < 4.78 is 39.6. The van der Waals surface area contributed by atoms with Crippen molar-refractivity contribution in [2.45, 2.75) is 37.5 Å². The zero-order valence-corrected chi connectivity index (χ0v) is 16.9. The number of nitrogens with zero attached hydrogens (tertiary/aromatic N) is 4. The van der Waals surface area contributed by atoms with E-state index in [-0.39, 0.29) is 42.6 Å². The second kappa shape index (κ2) is 8.58. The van der Waals surface area contributed by atoms with Crippen LogP contribution >= 0.6 is 0 Å². The first-order valence-corrected chi connectivity index (χ1v) is 10.1. The number of nitriles is 1. The molecule has 9 nitrogen and oxygen atoms in total. The third-order valence-electron chi connectivity index (χ3n) is 5.62. The Morgan fingerprint density at radius 2 is 2.12 bits per heavy atom. The van der Waals surface area contributed by atoms with Crippen LogP contribution in [0.4, 0.5) is 19.0 Å². The fourth-order valence-electron chi connectivity index (χ4n) is 4.00. The van der Waals surface area contributed by atoms with Crippen molar-refractivity contribution in [3.63, 3.8) is 0 Å². The summed E-state index contributed by atoms with van der Waals surface area (Å²) >= 11 is 0. The van der Waals surface area contributed by atoms with Crippen LogP contribution in [0.25, 0.3) is 0 Å². The number of aromatic amines is 1. The lowest BCUT2D eigenvalue weighted by molar-refractivity contribution is -0.139. The van der Waals surface area contributed by atoms with Crippen LogP contribution in [0.15, 0.2) is 23.1 Å². The highest BCUT2D eigenvalue weighted by Crippen LogP contribution is 2.37. The molecule has 0 radical (unpaired) electrons. The molecule has 1 aliphatic carbocycles. The van der Waals surface area contributed by atoms with Crippen LogP contribution in [-0.2, 0) is 17.4 Å². The van der Waals surface area contributed by atoms with E-state index in [1.165, 1.54) is 6.20 Å². The van der Waals surface area contributed by atoms with Crippen molar-refractivity contribution in [3.8, 4) is 6.07 Å². The Morgan fingerprint density at radius 3 is 2.78 bits per heavy atom. The van der Waals surface area contributed by atoms with Gasteiger partial charge in [0.15, 0.2) is 0 Å². The minimum atomic E-state index is -4.74. The summed E-state index contributed by atoms with van der Waals surface area (Å²) in [6, 6.07) is 4.99. The maximum atomic E-state index is 13.2. The van der Waals surface area contributed by atoms with Gasteiger partial charge in [-0.2, -0.15) is 23.5 Å². The first-order valence-electron chi connectivity index (χ1n) is 10.1. The predicted molar refractivity (Wildman–Crippen MR) is 106 cm³/mol. The van der Waals surface area contributed by atoms with Crippen LogP contribution in [0.3, 0.4) is 0 Å². The molecule has 1 unspecified atom stereocenters. The molecule has 3 N–H and O–H groups in total. The number of amides is 1. The van der Waals surface area contributed by atoms with Gasteiger partial charge in [-0.1, -0.05) is 0 Å². The van der Waals surface area contributed by atoms with E-state index in [1.807, 2.05) is 11.2 Å². The highest BCUT2D eigenvalue weighted by atomic mass is 19.4. The third-order valence-corrected chi connectivity index (χ3v) is 5.62. The van der Waals surface area contributed by atoms with Crippen LogP contribution in [0.5, 0.6) is 0 Å². The zero-order chi connectivity index (χ0) is 22.9. The first kappa shape index (κ1) is 21.8. The Morgan fingerprint density at radius 1 is 1.34 bits per heavy atom. The van der Waals surface area contributed by atoms with E-state index in [9.17, 15) is 22.8 Å². The largest absolute Gasteiger partial charge is 0.422 e. The molecule has 4 rings (SSSR count). The molecule has 1 fully saturated rings. The van der Waals surface area contributed by atoms with Gasteiger partial charge in [0.05, 0.1) is 23.3 Å². The molecule has 0 spiro atoms. The van der Waals surface area contributed by atoms with Gasteiger partial charge in [0, 0.05) is 32.3 Å². The van der Waals surface area contributed by atoms with Gasteiger partial charge >= 0.3 is 6.18 Å². The van der Waals surface area contributed by atoms with Crippen LogP contribution in [-0.4, -0.2) is 51.7 Å². The van der Waals surface area contributed by atoms with E-state index in [2.05, 4.69) is 20.7 Å². The monoisotopic (exact) mass is 447 g/mol. The van der Waals surface area contributed by atoms with Crippen molar-refractivity contribution in [3.05, 3.63) is 51.1 Å². The molecular formula is C20H20F3N7O2. The number of hydrogen-bond donors (Lipinski definition) is 3. The smallest absolute Gasteiger partial charge is 0.364 e. The average Bonchev–Trinajstić information content (AvgIpc) is 3.12. The number of nitrogens with one attached hydrogen (secondary N) is 3. The zero-order valence-electron chi connectivity index (χ0n) is 16.9. The lowest BCUT2D eigenvalue weighted by Gasteiger charge is -2.40. The van der Waals surface area contributed by atoms with Gasteiger partial charge in [0.2, 0.25) is 5.91 Å². The number of alkyl halides is 3. The first-order chi connectivity index (χ1) is 15.3. The molecule has 1 aliphatic heterocycles. The third kappa shape index (κ3) is 4.43. The lowest BCUT2D eigenvalue weighted by atomic mass is 10.1. The Kier molecular flexibility index (Phi) is 5.84. The van der Waals surface area contributed by atoms with Gasteiger partial charge in [0.25, 0.3) is 5.56 Å². The van der Waals surface area contributed by atoms with Gasteiger partial charge in [0.1, 0.15) is 17.5 Å². The molecule has 2 aliphatic rings. The number of halogens is 3. The Labute approximate surface area is 180 Å². The molecule has 2 aromatic heterocycles. The molecule has 168 valence electrons. The van der Waals surface area contributed by atoms with E-state index in [1.54, 1.807) is 17.0 Å². The van der Waals surface area contributed by atoms with E-state index >= 15 is 0 Å². The van der Waals surface area contributed by atoms with Crippen molar-refractivity contribution in [1.82, 2.24) is 25.4 Å². The fraction of sp³-hybridized carbons (Fsp3) is 0.450. The predicted octanol–water partition coefficient (Wildman–Crippen LogP) is 1.35. The number of hydrogen-bond acceptors (Lipinski definition) is 7.